The number of anilines is 2. The Morgan fingerprint density at radius 2 is 1.20 bits per heavy atom. The number of hydrogen-bond donors (Lipinski definition) is 3. The highest BCUT2D eigenvalue weighted by Crippen LogP contribution is 2.37. The maximum absolute atomic E-state index is 13.3. The Morgan fingerprint density at radius 3 is 1.80 bits per heavy atom. The fourth-order valence-corrected chi connectivity index (χ4v) is 8.75. The lowest BCUT2D eigenvalue weighted by molar-refractivity contribution is -0.136. The number of allylic oxidation sites excluding steroid dienone is 1. The van der Waals surface area contributed by atoms with Crippen molar-refractivity contribution in [2.24, 2.45) is 5.92 Å². The number of nitrogens with zero attached hydrogens (tertiary/aromatic N) is 4. The Hall–Kier alpha value is -5.94. The number of phenolic OH excluding ortho intramolecular Hbond substituents is 2. The molecule has 0 aliphatic carbocycles. The minimum absolute atomic E-state index is 0.0964. The molecule has 3 fully saturated rings. The van der Waals surface area contributed by atoms with Crippen LogP contribution in [0.5, 0.6) is 11.5 Å². The van der Waals surface area contributed by atoms with Crippen LogP contribution in [0.4, 0.5) is 11.4 Å². The molecule has 11 heteroatoms. The minimum atomic E-state index is -0.968. The number of imide groups is 2. The van der Waals surface area contributed by atoms with E-state index in [-0.39, 0.29) is 30.2 Å². The van der Waals surface area contributed by atoms with E-state index < -0.39 is 23.8 Å². The van der Waals surface area contributed by atoms with Crippen LogP contribution in [0, 0.1) is 5.92 Å². The lowest BCUT2D eigenvalue weighted by atomic mass is 9.88. The van der Waals surface area contributed by atoms with Crippen molar-refractivity contribution in [2.75, 3.05) is 55.6 Å². The van der Waals surface area contributed by atoms with Crippen molar-refractivity contribution in [3.63, 3.8) is 0 Å². The van der Waals surface area contributed by atoms with Gasteiger partial charge in [0.2, 0.25) is 11.8 Å². The van der Waals surface area contributed by atoms with Crippen LogP contribution in [0.1, 0.15) is 76.4 Å². The molecule has 0 aromatic heterocycles. The Kier molecular flexibility index (Phi) is 10.3. The highest BCUT2D eigenvalue weighted by atomic mass is 16.3. The third-order valence-electron chi connectivity index (χ3n) is 11.8. The summed E-state index contributed by atoms with van der Waals surface area (Å²) < 4.78 is 0. The second kappa shape index (κ2) is 15.7. The first kappa shape index (κ1) is 37.0. The maximum atomic E-state index is 13.3. The standard InChI is InChI=1S/C45H47N5O6/c1-2-37(30-5-12-35(51)13-6-30)42(32-7-14-36(52)15-8-32)31-3-9-33(10-4-31)48-21-19-29(20-22-48)28-47-23-25-49(26-24-47)34-11-16-38-39(27-34)45(56)50(44(38)55)40-17-18-41(53)46-43(40)54/h3-16,27,29,40,51-52H,2,17-26,28H2,1H3,(H,46,53,54). The molecule has 8 rings (SSSR count). The first-order chi connectivity index (χ1) is 27.2. The Bertz CT molecular complexity index is 2170. The molecule has 3 N–H and O–H groups in total. The molecule has 4 aromatic carbocycles. The van der Waals surface area contributed by atoms with Crippen LogP contribution in [-0.4, -0.2) is 95.5 Å². The molecule has 1 atom stereocenters. The molecule has 0 radical (unpaired) electrons. The van der Waals surface area contributed by atoms with Crippen LogP contribution in [0.15, 0.2) is 91.0 Å². The number of benzene rings is 4. The van der Waals surface area contributed by atoms with Crippen LogP contribution in [-0.2, 0) is 9.59 Å². The lowest BCUT2D eigenvalue weighted by Gasteiger charge is -2.40. The van der Waals surface area contributed by atoms with E-state index in [1.54, 1.807) is 36.4 Å². The maximum Gasteiger partial charge on any atom is 0.262 e. The van der Waals surface area contributed by atoms with E-state index in [0.29, 0.717) is 17.0 Å². The third kappa shape index (κ3) is 7.38. The lowest BCUT2D eigenvalue weighted by Crippen LogP contribution is -2.54. The molecular formula is C45H47N5O6. The van der Waals surface area contributed by atoms with Crippen LogP contribution >= 0.6 is 0 Å². The summed E-state index contributed by atoms with van der Waals surface area (Å²) in [6, 6.07) is 27.9. The largest absolute Gasteiger partial charge is 0.508 e. The Labute approximate surface area is 326 Å². The highest BCUT2D eigenvalue weighted by Gasteiger charge is 2.45. The number of hydrogen-bond acceptors (Lipinski definition) is 9. The third-order valence-corrected chi connectivity index (χ3v) is 11.8. The number of carbonyl (C=O) groups excluding carboxylic acids is 4. The van der Waals surface area contributed by atoms with Gasteiger partial charge in [-0.25, -0.2) is 0 Å². The fourth-order valence-electron chi connectivity index (χ4n) is 8.75. The van der Waals surface area contributed by atoms with Gasteiger partial charge >= 0.3 is 0 Å². The first-order valence-corrected chi connectivity index (χ1v) is 19.7. The second-order valence-corrected chi connectivity index (χ2v) is 15.2. The zero-order valence-corrected chi connectivity index (χ0v) is 31.6. The predicted octanol–water partition coefficient (Wildman–Crippen LogP) is 5.91. The molecular weight excluding hydrogens is 707 g/mol. The zero-order chi connectivity index (χ0) is 38.9. The molecule has 11 nitrogen and oxygen atoms in total. The Morgan fingerprint density at radius 1 is 0.643 bits per heavy atom. The van der Waals surface area contributed by atoms with Gasteiger partial charge in [-0.3, -0.25) is 34.3 Å². The molecule has 0 bridgehead atoms. The summed E-state index contributed by atoms with van der Waals surface area (Å²) in [7, 11) is 0. The number of nitrogens with one attached hydrogen (secondary N) is 1. The fraction of sp³-hybridized carbons (Fsp3) is 0.333. The van der Waals surface area contributed by atoms with E-state index in [1.807, 2.05) is 30.3 Å². The van der Waals surface area contributed by atoms with Gasteiger partial charge in [0.1, 0.15) is 17.5 Å². The molecule has 4 aromatic rings. The molecule has 0 spiro atoms. The van der Waals surface area contributed by atoms with Gasteiger partial charge in [0.25, 0.3) is 11.8 Å². The number of fused-ring (bicyclic) bond motifs is 1. The smallest absolute Gasteiger partial charge is 0.262 e. The number of carbonyl (C=O) groups is 4. The SMILES string of the molecule is CCC(=C(c1ccc(O)cc1)c1ccc(N2CCC(CN3CCN(c4ccc5c(c4)C(=O)N(C4CCC(=O)NC4=O)C5=O)CC3)CC2)cc1)c1ccc(O)cc1. The van der Waals surface area contributed by atoms with Gasteiger partial charge in [0.05, 0.1) is 11.1 Å². The molecule has 288 valence electrons. The van der Waals surface area contributed by atoms with Crippen LogP contribution in [0.2, 0.25) is 0 Å². The van der Waals surface area contributed by atoms with Gasteiger partial charge in [0.15, 0.2) is 0 Å². The number of phenols is 2. The monoisotopic (exact) mass is 753 g/mol. The van der Waals surface area contributed by atoms with Crippen molar-refractivity contribution >= 4 is 46.1 Å². The van der Waals surface area contributed by atoms with E-state index in [2.05, 4.69) is 51.2 Å². The van der Waals surface area contributed by atoms with Gasteiger partial charge in [-0.15, -0.1) is 0 Å². The Balaban J connectivity index is 0.864. The number of piperidine rings is 2. The topological polar surface area (TPSA) is 134 Å². The summed E-state index contributed by atoms with van der Waals surface area (Å²) >= 11 is 0. The van der Waals surface area contributed by atoms with Gasteiger partial charge < -0.3 is 20.0 Å². The number of rotatable bonds is 9. The summed E-state index contributed by atoms with van der Waals surface area (Å²) in [4.78, 5) is 58.8. The minimum Gasteiger partial charge on any atom is -0.508 e. The molecule has 4 heterocycles. The average molecular weight is 754 g/mol. The number of aromatic hydroxyl groups is 2. The van der Waals surface area contributed by atoms with Crippen molar-refractivity contribution < 1.29 is 29.4 Å². The normalized spacial score (nSPS) is 19.9. The predicted molar refractivity (Wildman–Crippen MR) is 216 cm³/mol. The van der Waals surface area contributed by atoms with Gasteiger partial charge in [-0.1, -0.05) is 43.3 Å². The molecule has 1 unspecified atom stereocenters. The van der Waals surface area contributed by atoms with E-state index in [1.165, 1.54) is 11.3 Å². The first-order valence-electron chi connectivity index (χ1n) is 19.7. The van der Waals surface area contributed by atoms with Gasteiger partial charge in [-0.2, -0.15) is 0 Å². The van der Waals surface area contributed by atoms with E-state index >= 15 is 0 Å². The molecule has 3 saturated heterocycles. The van der Waals surface area contributed by atoms with Gasteiger partial charge in [-0.05, 0) is 114 Å². The van der Waals surface area contributed by atoms with E-state index in [9.17, 15) is 29.4 Å². The summed E-state index contributed by atoms with van der Waals surface area (Å²) in [5.41, 5.74) is 8.19. The molecule has 0 saturated carbocycles. The van der Waals surface area contributed by atoms with Gasteiger partial charge in [0, 0.05) is 63.6 Å². The molecule has 4 amide bonds. The van der Waals surface area contributed by atoms with Crippen molar-refractivity contribution in [1.82, 2.24) is 15.1 Å². The van der Waals surface area contributed by atoms with Crippen LogP contribution < -0.4 is 15.1 Å². The molecule has 4 aliphatic heterocycles. The molecule has 4 aliphatic rings. The number of amides is 4. The van der Waals surface area contributed by atoms with Crippen molar-refractivity contribution in [3.8, 4) is 11.5 Å². The zero-order valence-electron chi connectivity index (χ0n) is 31.6. The van der Waals surface area contributed by atoms with Crippen molar-refractivity contribution in [3.05, 3.63) is 119 Å². The van der Waals surface area contributed by atoms with Crippen molar-refractivity contribution in [2.45, 2.75) is 45.1 Å². The number of piperazine rings is 1. The summed E-state index contributed by atoms with van der Waals surface area (Å²) in [5.74, 6) is -0.872. The average Bonchev–Trinajstić information content (AvgIpc) is 3.46. The quantitative estimate of drug-likeness (QED) is 0.141. The highest BCUT2D eigenvalue weighted by molar-refractivity contribution is 6.23. The van der Waals surface area contributed by atoms with Crippen LogP contribution in [0.3, 0.4) is 0 Å². The second-order valence-electron chi connectivity index (χ2n) is 15.2. The summed E-state index contributed by atoms with van der Waals surface area (Å²) in [5, 5.41) is 22.2. The van der Waals surface area contributed by atoms with E-state index in [4.69, 9.17) is 0 Å². The summed E-state index contributed by atoms with van der Waals surface area (Å²) in [6.07, 6.45) is 3.27. The molecule has 56 heavy (non-hydrogen) atoms. The van der Waals surface area contributed by atoms with E-state index in [0.717, 1.165) is 97.9 Å². The van der Waals surface area contributed by atoms with Crippen LogP contribution in [0.25, 0.3) is 11.1 Å². The van der Waals surface area contributed by atoms with Crippen molar-refractivity contribution in [1.29, 1.82) is 0 Å². The summed E-state index contributed by atoms with van der Waals surface area (Å²) in [6.45, 7) is 8.64.